The zero-order chi connectivity index (χ0) is 27.0. The maximum atomic E-state index is 11.4. The van der Waals surface area contributed by atoms with E-state index < -0.39 is 0 Å². The molecule has 210 valence electrons. The van der Waals surface area contributed by atoms with E-state index in [1.807, 2.05) is 43.5 Å². The fraction of sp³-hybridized carbons (Fsp3) is 0.519. The van der Waals surface area contributed by atoms with Crippen molar-refractivity contribution in [3.63, 3.8) is 0 Å². The lowest BCUT2D eigenvalue weighted by Gasteiger charge is -2.14. The number of thiazole rings is 1. The molecule has 1 aromatic carbocycles. The molecule has 2 heterocycles. The van der Waals surface area contributed by atoms with E-state index in [0.29, 0.717) is 13.1 Å². The molecule has 0 radical (unpaired) electrons. The topological polar surface area (TPSA) is 149 Å². The van der Waals surface area contributed by atoms with Crippen LogP contribution in [0.15, 0.2) is 36.5 Å². The molecule has 2 amide bonds. The Bertz CT molecular complexity index is 1070. The summed E-state index contributed by atoms with van der Waals surface area (Å²) in [5.74, 6) is -0.0604. The fourth-order valence-electron chi connectivity index (χ4n) is 3.60. The third kappa shape index (κ3) is 12.2. The lowest BCUT2D eigenvalue weighted by molar-refractivity contribution is -0.120. The van der Waals surface area contributed by atoms with Gasteiger partial charge in [-0.1, -0.05) is 49.1 Å². The lowest BCUT2D eigenvalue weighted by atomic mass is 10.1. The summed E-state index contributed by atoms with van der Waals surface area (Å²) in [7, 11) is 0. The first-order valence-electron chi connectivity index (χ1n) is 12.6. The lowest BCUT2D eigenvalue weighted by Crippen LogP contribution is -2.26. The van der Waals surface area contributed by atoms with Crippen LogP contribution in [0.3, 0.4) is 0 Å². The maximum Gasteiger partial charge on any atom is 0.217 e. The van der Waals surface area contributed by atoms with Gasteiger partial charge in [-0.2, -0.15) is 0 Å². The van der Waals surface area contributed by atoms with Gasteiger partial charge >= 0.3 is 0 Å². The summed E-state index contributed by atoms with van der Waals surface area (Å²) < 4.78 is 0. The number of amides is 2. The van der Waals surface area contributed by atoms with E-state index in [-0.39, 0.29) is 31.3 Å². The molecule has 3 aromatic rings. The summed E-state index contributed by atoms with van der Waals surface area (Å²) in [6.07, 6.45) is 7.49. The Morgan fingerprint density at radius 2 is 1.39 bits per heavy atom. The number of nitrogens with two attached hydrogens (primary N) is 2. The summed E-state index contributed by atoms with van der Waals surface area (Å²) in [6.45, 7) is 6.44. The van der Waals surface area contributed by atoms with Gasteiger partial charge in [0.15, 0.2) is 0 Å². The van der Waals surface area contributed by atoms with Crippen LogP contribution >= 0.6 is 22.7 Å². The first-order chi connectivity index (χ1) is 17.8. The molecule has 6 N–H and O–H groups in total. The van der Waals surface area contributed by atoms with E-state index in [1.165, 1.54) is 30.1 Å². The van der Waals surface area contributed by atoms with Gasteiger partial charge < -0.3 is 22.1 Å². The number of hydrogen-bond donors (Lipinski definition) is 4. The highest BCUT2D eigenvalue weighted by molar-refractivity contribution is 7.14. The van der Waals surface area contributed by atoms with Gasteiger partial charge in [-0.15, -0.1) is 21.5 Å². The van der Waals surface area contributed by atoms with Gasteiger partial charge in [0.1, 0.15) is 15.0 Å². The van der Waals surface area contributed by atoms with Crippen molar-refractivity contribution in [2.24, 2.45) is 11.5 Å². The van der Waals surface area contributed by atoms with E-state index >= 15 is 0 Å². The number of aryl methyl sites for hydroxylation is 1. The number of nitrogens with zero attached hydrogens (tertiary/aromatic N) is 3. The smallest absolute Gasteiger partial charge is 0.217 e. The first-order valence-corrected chi connectivity index (χ1v) is 14.2. The molecule has 3 rings (SSSR count). The van der Waals surface area contributed by atoms with Gasteiger partial charge in [-0.3, -0.25) is 9.59 Å². The number of unbranched alkanes of at least 4 members (excludes halogenated alkanes) is 2. The van der Waals surface area contributed by atoms with Crippen molar-refractivity contribution < 1.29 is 9.59 Å². The molecule has 0 aliphatic heterocycles. The van der Waals surface area contributed by atoms with Crippen molar-refractivity contribution in [2.45, 2.75) is 78.8 Å². The Morgan fingerprint density at radius 1 is 0.842 bits per heavy atom. The monoisotopic (exact) mass is 561 g/mol. The minimum Gasteiger partial charge on any atom is -0.347 e. The summed E-state index contributed by atoms with van der Waals surface area (Å²) in [5.41, 5.74) is 12.0. The molecule has 0 aliphatic rings. The molecular weight excluding hydrogens is 518 g/mol. The van der Waals surface area contributed by atoms with Gasteiger partial charge in [0.05, 0.1) is 12.1 Å². The van der Waals surface area contributed by atoms with E-state index in [0.717, 1.165) is 59.1 Å². The molecule has 0 unspecified atom stereocenters. The Kier molecular flexibility index (Phi) is 16.2. The highest BCUT2D eigenvalue weighted by atomic mass is 32.1. The average Bonchev–Trinajstić information content (AvgIpc) is 3.53. The summed E-state index contributed by atoms with van der Waals surface area (Å²) in [6, 6.07) is 9.90. The second kappa shape index (κ2) is 18.5. The molecule has 38 heavy (non-hydrogen) atoms. The second-order valence-electron chi connectivity index (χ2n) is 8.70. The highest BCUT2D eigenvalue weighted by Crippen LogP contribution is 2.29. The number of hydrogen-bond acceptors (Lipinski definition) is 9. The molecule has 0 spiro atoms. The van der Waals surface area contributed by atoms with Gasteiger partial charge in [0.2, 0.25) is 11.8 Å². The van der Waals surface area contributed by atoms with E-state index in [2.05, 4.69) is 25.8 Å². The molecule has 11 heteroatoms. The fourth-order valence-corrected chi connectivity index (χ4v) is 5.39. The van der Waals surface area contributed by atoms with Crippen molar-refractivity contribution >= 4 is 34.5 Å². The first kappa shape index (κ1) is 33.3. The van der Waals surface area contributed by atoms with Crippen LogP contribution in [0.4, 0.5) is 0 Å². The van der Waals surface area contributed by atoms with Gasteiger partial charge in [0, 0.05) is 30.5 Å². The highest BCUT2D eigenvalue weighted by Gasteiger charge is 2.18. The predicted molar refractivity (Wildman–Crippen MR) is 158 cm³/mol. The number of carbonyl (C=O) groups is 2. The van der Waals surface area contributed by atoms with Crippen LogP contribution in [0.1, 0.15) is 86.8 Å². The SMILES string of the molecule is C.CC(=O)N[C@@H](CCCCN)c1ncc(C)s1.CC(=O)N[C@@H](CCCCN)c1nnc(-c2ccccc2)s1. The largest absolute Gasteiger partial charge is 0.347 e. The Hall–Kier alpha value is -2.73. The molecular formula is C27H43N7O2S2. The predicted octanol–water partition coefficient (Wildman–Crippen LogP) is 4.91. The van der Waals surface area contributed by atoms with E-state index in [9.17, 15) is 9.59 Å². The number of aromatic nitrogens is 3. The van der Waals surface area contributed by atoms with E-state index in [4.69, 9.17) is 11.5 Å². The number of benzene rings is 1. The van der Waals surface area contributed by atoms with Crippen molar-refractivity contribution in [1.29, 1.82) is 0 Å². The van der Waals surface area contributed by atoms with Crippen molar-refractivity contribution in [2.75, 3.05) is 13.1 Å². The van der Waals surface area contributed by atoms with Gasteiger partial charge in [-0.05, 0) is 58.5 Å². The number of nitrogens with one attached hydrogen (secondary N) is 2. The number of rotatable bonds is 13. The summed E-state index contributed by atoms with van der Waals surface area (Å²) >= 11 is 3.16. The van der Waals surface area contributed by atoms with E-state index in [1.54, 1.807) is 11.3 Å². The molecule has 0 saturated carbocycles. The van der Waals surface area contributed by atoms with Gasteiger partial charge in [-0.25, -0.2) is 4.98 Å². The third-order valence-electron chi connectivity index (χ3n) is 5.35. The molecule has 2 atom stereocenters. The molecule has 0 saturated heterocycles. The quantitative estimate of drug-likeness (QED) is 0.217. The zero-order valence-corrected chi connectivity index (χ0v) is 23.5. The second-order valence-corrected chi connectivity index (χ2v) is 11.0. The van der Waals surface area contributed by atoms with Crippen LogP contribution in [-0.4, -0.2) is 40.1 Å². The molecule has 2 aromatic heterocycles. The number of carbonyl (C=O) groups excluding carboxylic acids is 2. The van der Waals surface area contributed by atoms with Crippen LogP contribution in [0.5, 0.6) is 0 Å². The van der Waals surface area contributed by atoms with Crippen molar-refractivity contribution in [1.82, 2.24) is 25.8 Å². The molecule has 9 nitrogen and oxygen atoms in total. The standard InChI is InChI=1S/C15H20N4OS.C11H19N3OS.CH4/c1-11(20)17-13(9-5-6-10-16)15-19-18-14(21-15)12-7-3-2-4-8-12;1-8-7-13-11(16-8)10(14-9(2)15)5-3-4-6-12;/h2-4,7-8,13H,5-6,9-10,16H2,1H3,(H,17,20);7,10H,3-6,12H2,1-2H3,(H,14,15);1H4/t13-;10-;/m00./s1. The molecule has 0 fully saturated rings. The van der Waals surface area contributed by atoms with Gasteiger partial charge in [0.25, 0.3) is 0 Å². The normalized spacial score (nSPS) is 11.9. The van der Waals surface area contributed by atoms with Crippen LogP contribution in [0.25, 0.3) is 10.6 Å². The van der Waals surface area contributed by atoms with Crippen molar-refractivity contribution in [3.05, 3.63) is 51.4 Å². The van der Waals surface area contributed by atoms with Crippen LogP contribution in [-0.2, 0) is 9.59 Å². The minimum atomic E-state index is -0.0796. The molecule has 0 aliphatic carbocycles. The average molecular weight is 562 g/mol. The van der Waals surface area contributed by atoms with Crippen LogP contribution in [0.2, 0.25) is 0 Å². The van der Waals surface area contributed by atoms with Crippen LogP contribution in [0, 0.1) is 6.92 Å². The third-order valence-corrected chi connectivity index (χ3v) is 7.46. The maximum absolute atomic E-state index is 11.4. The Balaban J connectivity index is 0.000000384. The zero-order valence-electron chi connectivity index (χ0n) is 21.9. The van der Waals surface area contributed by atoms with Crippen molar-refractivity contribution in [3.8, 4) is 10.6 Å². The molecule has 0 bridgehead atoms. The minimum absolute atomic E-state index is 0. The Labute approximate surface area is 234 Å². The summed E-state index contributed by atoms with van der Waals surface area (Å²) in [5, 5.41) is 17.1. The Morgan fingerprint density at radius 3 is 1.87 bits per heavy atom. The van der Waals surface area contributed by atoms with Crippen LogP contribution < -0.4 is 22.1 Å². The summed E-state index contributed by atoms with van der Waals surface area (Å²) in [4.78, 5) is 28.0.